The average Bonchev–Trinajstić information content (AvgIpc) is 2.37. The highest BCUT2D eigenvalue weighted by molar-refractivity contribution is 7.99. The molecule has 1 aromatic rings. The topological polar surface area (TPSA) is 66.4 Å². The van der Waals surface area contributed by atoms with Crippen molar-refractivity contribution in [3.63, 3.8) is 0 Å². The molecule has 1 atom stereocenters. The van der Waals surface area contributed by atoms with E-state index in [1.165, 1.54) is 17.8 Å². The van der Waals surface area contributed by atoms with Crippen LogP contribution >= 0.6 is 11.8 Å². The molecule has 0 aliphatic carbocycles. The third-order valence-electron chi connectivity index (χ3n) is 2.78. The fourth-order valence-electron chi connectivity index (χ4n) is 1.78. The summed E-state index contributed by atoms with van der Waals surface area (Å²) in [6, 6.07) is 3.30. The Balaban J connectivity index is 2.35. The van der Waals surface area contributed by atoms with Crippen LogP contribution in [0.25, 0.3) is 0 Å². The van der Waals surface area contributed by atoms with Crippen LogP contribution in [0.15, 0.2) is 18.2 Å². The van der Waals surface area contributed by atoms with Crippen molar-refractivity contribution >= 4 is 23.6 Å². The molecule has 1 rings (SSSR count). The smallest absolute Gasteiger partial charge is 0.313 e. The second kappa shape index (κ2) is 8.61. The molecule has 0 spiro atoms. The van der Waals surface area contributed by atoms with Crippen LogP contribution in [0.2, 0.25) is 0 Å². The zero-order valence-corrected chi connectivity index (χ0v) is 12.4. The van der Waals surface area contributed by atoms with Gasteiger partial charge in [0.25, 0.3) is 0 Å². The van der Waals surface area contributed by atoms with Crippen LogP contribution in [-0.4, -0.2) is 35.0 Å². The Morgan fingerprint density at radius 1 is 1.38 bits per heavy atom. The molecule has 0 aliphatic heterocycles. The highest BCUT2D eigenvalue weighted by Crippen LogP contribution is 2.22. The quantitative estimate of drug-likeness (QED) is 0.723. The van der Waals surface area contributed by atoms with Gasteiger partial charge in [0.2, 0.25) is 5.91 Å². The maximum Gasteiger partial charge on any atom is 0.313 e. The lowest BCUT2D eigenvalue weighted by atomic mass is 9.97. The molecule has 0 radical (unpaired) electrons. The minimum atomic E-state index is -0.897. The number of rotatable bonds is 8. The molecule has 1 unspecified atom stereocenters. The number of benzene rings is 1. The van der Waals surface area contributed by atoms with Crippen molar-refractivity contribution in [2.24, 2.45) is 0 Å². The lowest BCUT2D eigenvalue weighted by molar-refractivity contribution is -0.133. The molecule has 1 aromatic carbocycles. The largest absolute Gasteiger partial charge is 0.481 e. The summed E-state index contributed by atoms with van der Waals surface area (Å²) in [6.45, 7) is 2.05. The monoisotopic (exact) mass is 317 g/mol. The molecule has 0 saturated carbocycles. The van der Waals surface area contributed by atoms with Crippen LogP contribution in [0.5, 0.6) is 0 Å². The average molecular weight is 317 g/mol. The number of hydrogen-bond acceptors (Lipinski definition) is 3. The molecule has 21 heavy (non-hydrogen) atoms. The fraction of sp³-hybridized carbons (Fsp3) is 0.429. The zero-order chi connectivity index (χ0) is 15.8. The first kappa shape index (κ1) is 17.4. The minimum Gasteiger partial charge on any atom is -0.481 e. The van der Waals surface area contributed by atoms with Gasteiger partial charge in [0.05, 0.1) is 5.75 Å². The maximum atomic E-state index is 13.5. The lowest BCUT2D eigenvalue weighted by Gasteiger charge is -2.13. The van der Waals surface area contributed by atoms with E-state index >= 15 is 0 Å². The number of carboxylic acid groups (broad SMARTS) is 1. The van der Waals surface area contributed by atoms with E-state index in [1.54, 1.807) is 6.92 Å². The predicted octanol–water partition coefficient (Wildman–Crippen LogP) is 2.39. The Morgan fingerprint density at radius 3 is 2.71 bits per heavy atom. The first-order valence-corrected chi connectivity index (χ1v) is 7.56. The van der Waals surface area contributed by atoms with Gasteiger partial charge in [0.1, 0.15) is 11.6 Å². The molecule has 0 aliphatic rings. The van der Waals surface area contributed by atoms with E-state index in [0.717, 1.165) is 12.1 Å². The summed E-state index contributed by atoms with van der Waals surface area (Å²) in [5, 5.41) is 11.1. The second-order valence-electron chi connectivity index (χ2n) is 4.57. The molecule has 7 heteroatoms. The third-order valence-corrected chi connectivity index (χ3v) is 3.72. The standard InChI is InChI=1S/C14H17F2NO3S/c1-9(11-3-2-10(15)7-12(11)16)6-13(18)17-4-5-21-8-14(19)20/h2-3,7,9H,4-6,8H2,1H3,(H,17,18)(H,19,20). The molecule has 4 nitrogen and oxygen atoms in total. The summed E-state index contributed by atoms with van der Waals surface area (Å²) in [7, 11) is 0. The normalized spacial score (nSPS) is 12.0. The number of thioether (sulfide) groups is 1. The molecule has 0 saturated heterocycles. The summed E-state index contributed by atoms with van der Waals surface area (Å²) in [5.41, 5.74) is 0.298. The highest BCUT2D eigenvalue weighted by Gasteiger charge is 2.15. The molecular formula is C14H17F2NO3S. The van der Waals surface area contributed by atoms with Crippen LogP contribution in [0, 0.1) is 11.6 Å². The minimum absolute atomic E-state index is 0.00688. The van der Waals surface area contributed by atoms with Crippen molar-refractivity contribution in [2.75, 3.05) is 18.1 Å². The number of carboxylic acids is 1. The summed E-state index contributed by atoms with van der Waals surface area (Å²) >= 11 is 1.21. The van der Waals surface area contributed by atoms with Gasteiger partial charge in [0, 0.05) is 24.8 Å². The highest BCUT2D eigenvalue weighted by atomic mass is 32.2. The Labute approximate surface area is 125 Å². The summed E-state index contributed by atoms with van der Waals surface area (Å²) in [6.07, 6.45) is 0.0894. The molecule has 0 fully saturated rings. The number of hydrogen-bond donors (Lipinski definition) is 2. The van der Waals surface area contributed by atoms with Crippen molar-refractivity contribution in [3.05, 3.63) is 35.4 Å². The summed E-state index contributed by atoms with van der Waals surface area (Å²) in [5.74, 6) is -2.33. The van der Waals surface area contributed by atoms with Gasteiger partial charge >= 0.3 is 5.97 Å². The van der Waals surface area contributed by atoms with Crippen molar-refractivity contribution in [2.45, 2.75) is 19.3 Å². The van der Waals surface area contributed by atoms with Gasteiger partial charge in [-0.1, -0.05) is 13.0 Å². The van der Waals surface area contributed by atoms with Gasteiger partial charge in [0.15, 0.2) is 0 Å². The number of carbonyl (C=O) groups excluding carboxylic acids is 1. The fourth-order valence-corrected chi connectivity index (χ4v) is 2.35. The maximum absolute atomic E-state index is 13.5. The molecule has 116 valence electrons. The SMILES string of the molecule is CC(CC(=O)NCCSCC(=O)O)c1ccc(F)cc1F. The third kappa shape index (κ3) is 6.57. The Bertz CT molecular complexity index is 511. The van der Waals surface area contributed by atoms with E-state index in [4.69, 9.17) is 5.11 Å². The molecule has 0 bridgehead atoms. The lowest BCUT2D eigenvalue weighted by Crippen LogP contribution is -2.27. The van der Waals surface area contributed by atoms with Gasteiger partial charge in [-0.25, -0.2) is 8.78 Å². The first-order valence-electron chi connectivity index (χ1n) is 6.41. The number of aliphatic carboxylic acids is 1. The molecule has 0 heterocycles. The molecule has 0 aromatic heterocycles. The molecule has 1 amide bonds. The van der Waals surface area contributed by atoms with Crippen LogP contribution in [0.4, 0.5) is 8.78 Å². The number of carbonyl (C=O) groups is 2. The van der Waals surface area contributed by atoms with Crippen molar-refractivity contribution in [1.29, 1.82) is 0 Å². The van der Waals surface area contributed by atoms with Gasteiger partial charge in [-0.2, -0.15) is 0 Å². The van der Waals surface area contributed by atoms with E-state index in [9.17, 15) is 18.4 Å². The van der Waals surface area contributed by atoms with Gasteiger partial charge in [-0.3, -0.25) is 9.59 Å². The summed E-state index contributed by atoms with van der Waals surface area (Å²) < 4.78 is 26.4. The van der Waals surface area contributed by atoms with Crippen LogP contribution in [0.3, 0.4) is 0 Å². The van der Waals surface area contributed by atoms with Gasteiger partial charge in [-0.05, 0) is 17.5 Å². The Hall–Kier alpha value is -1.63. The number of amides is 1. The number of nitrogens with one attached hydrogen (secondary N) is 1. The van der Waals surface area contributed by atoms with Gasteiger partial charge < -0.3 is 10.4 Å². The number of halogens is 2. The van der Waals surface area contributed by atoms with E-state index in [0.29, 0.717) is 17.9 Å². The molecule has 2 N–H and O–H groups in total. The van der Waals surface area contributed by atoms with Gasteiger partial charge in [-0.15, -0.1) is 11.8 Å². The van der Waals surface area contributed by atoms with E-state index in [1.807, 2.05) is 0 Å². The van der Waals surface area contributed by atoms with Crippen LogP contribution < -0.4 is 5.32 Å². The van der Waals surface area contributed by atoms with E-state index in [2.05, 4.69) is 5.32 Å². The van der Waals surface area contributed by atoms with Crippen molar-refractivity contribution in [1.82, 2.24) is 5.32 Å². The predicted molar refractivity (Wildman–Crippen MR) is 77.4 cm³/mol. The zero-order valence-electron chi connectivity index (χ0n) is 11.6. The van der Waals surface area contributed by atoms with Crippen molar-refractivity contribution < 1.29 is 23.5 Å². The van der Waals surface area contributed by atoms with E-state index < -0.39 is 17.6 Å². The second-order valence-corrected chi connectivity index (χ2v) is 5.67. The van der Waals surface area contributed by atoms with Crippen LogP contribution in [0.1, 0.15) is 24.8 Å². The first-order chi connectivity index (χ1) is 9.90. The summed E-state index contributed by atoms with van der Waals surface area (Å²) in [4.78, 5) is 22.0. The Kier molecular flexibility index (Phi) is 7.14. The van der Waals surface area contributed by atoms with E-state index in [-0.39, 0.29) is 24.0 Å². The molecular weight excluding hydrogens is 300 g/mol. The van der Waals surface area contributed by atoms with Crippen LogP contribution in [-0.2, 0) is 9.59 Å². The Morgan fingerprint density at radius 2 is 2.10 bits per heavy atom. The van der Waals surface area contributed by atoms with Crippen molar-refractivity contribution in [3.8, 4) is 0 Å².